The average molecular weight is 1010 g/mol. The zero-order chi connectivity index (χ0) is 53.5. The molecule has 9 amide bonds. The molecule has 1 aliphatic heterocycles. The summed E-state index contributed by atoms with van der Waals surface area (Å²) in [7, 11) is 0. The first-order chi connectivity index (χ1) is 33.3. The minimum Gasteiger partial charge on any atom is -0.508 e. The Morgan fingerprint density at radius 2 is 1.20 bits per heavy atom. The molecule has 0 aliphatic carbocycles. The van der Waals surface area contributed by atoms with Gasteiger partial charge < -0.3 is 85.9 Å². The van der Waals surface area contributed by atoms with Crippen molar-refractivity contribution in [2.45, 2.75) is 139 Å². The first-order valence-electron chi connectivity index (χ1n) is 22.7. The fourth-order valence-electron chi connectivity index (χ4n) is 7.06. The average Bonchev–Trinajstić information content (AvgIpc) is 3.84. The first-order valence-corrected chi connectivity index (χ1v) is 22.7. The number of nitrogens with two attached hydrogens (primary N) is 4. The number of aliphatic hydroxyl groups is 1. The summed E-state index contributed by atoms with van der Waals surface area (Å²) in [6, 6.07) is -6.93. The second-order valence-corrected chi connectivity index (χ2v) is 17.0. The summed E-state index contributed by atoms with van der Waals surface area (Å²) in [5, 5.41) is 58.4. The van der Waals surface area contributed by atoms with Crippen molar-refractivity contribution >= 4 is 71.1 Å². The number of aromatic hydroxyl groups is 1. The second-order valence-electron chi connectivity index (χ2n) is 17.0. The van der Waals surface area contributed by atoms with E-state index in [2.05, 4.69) is 47.5 Å². The van der Waals surface area contributed by atoms with Gasteiger partial charge in [-0.3, -0.25) is 52.9 Å². The maximum absolute atomic E-state index is 14.3. The van der Waals surface area contributed by atoms with Crippen LogP contribution in [0.15, 0.2) is 29.3 Å². The minimum absolute atomic E-state index is 0.00522. The topological polar surface area (TPSA) is 481 Å². The van der Waals surface area contributed by atoms with Crippen LogP contribution in [0.1, 0.15) is 84.1 Å². The zero-order valence-electron chi connectivity index (χ0n) is 39.6. The van der Waals surface area contributed by atoms with Crippen LogP contribution in [0.25, 0.3) is 0 Å². The number of primary amides is 2. The predicted molar refractivity (Wildman–Crippen MR) is 250 cm³/mol. The van der Waals surface area contributed by atoms with Crippen LogP contribution in [0.3, 0.4) is 0 Å². The lowest BCUT2D eigenvalue weighted by Crippen LogP contribution is -2.61. The Bertz CT molecular complexity index is 2100. The van der Waals surface area contributed by atoms with Crippen LogP contribution in [0.2, 0.25) is 0 Å². The molecular weight excluding hydrogens is 939 g/mol. The number of phenols is 1. The molecule has 20 N–H and O–H groups in total. The molecule has 0 aromatic heterocycles. The molecule has 1 fully saturated rings. The molecule has 71 heavy (non-hydrogen) atoms. The van der Waals surface area contributed by atoms with Crippen LogP contribution in [0.5, 0.6) is 5.75 Å². The Kier molecular flexibility index (Phi) is 24.7. The molecule has 0 spiro atoms. The van der Waals surface area contributed by atoms with Gasteiger partial charge in [-0.15, -0.1) is 0 Å². The molecule has 1 aromatic carbocycles. The minimum atomic E-state index is -1.89. The molecule has 2 rings (SSSR count). The van der Waals surface area contributed by atoms with Crippen molar-refractivity contribution in [3.8, 4) is 5.75 Å². The van der Waals surface area contributed by atoms with Crippen LogP contribution in [0, 0.1) is 5.92 Å². The molecule has 1 heterocycles. The summed E-state index contributed by atoms with van der Waals surface area (Å²) >= 11 is 0. The Balaban J connectivity index is 2.53. The van der Waals surface area contributed by atoms with Crippen LogP contribution in [0.4, 0.5) is 0 Å². The van der Waals surface area contributed by atoms with Crippen LogP contribution in [-0.4, -0.2) is 159 Å². The number of carboxylic acids is 2. The van der Waals surface area contributed by atoms with E-state index in [4.69, 9.17) is 22.9 Å². The summed E-state index contributed by atoms with van der Waals surface area (Å²) in [4.78, 5) is 147. The number of hydrogen-bond donors (Lipinski definition) is 16. The molecule has 28 nitrogen and oxygen atoms in total. The largest absolute Gasteiger partial charge is 0.508 e. The third kappa shape index (κ3) is 21.3. The maximum Gasteiger partial charge on any atom is 0.328 e. The first kappa shape index (κ1) is 59.5. The smallest absolute Gasteiger partial charge is 0.328 e. The van der Waals surface area contributed by atoms with E-state index in [9.17, 15) is 73.2 Å². The van der Waals surface area contributed by atoms with Gasteiger partial charge in [-0.2, -0.15) is 0 Å². The number of amides is 9. The summed E-state index contributed by atoms with van der Waals surface area (Å²) < 4.78 is 0. The second kappa shape index (κ2) is 29.4. The summed E-state index contributed by atoms with van der Waals surface area (Å²) in [5.74, 6) is -13.4. The molecule has 0 bridgehead atoms. The lowest BCUT2D eigenvalue weighted by Gasteiger charge is -2.29. The number of aliphatic imine (C=N–C) groups is 1. The van der Waals surface area contributed by atoms with E-state index in [0.29, 0.717) is 24.9 Å². The van der Waals surface area contributed by atoms with Gasteiger partial charge in [0.25, 0.3) is 0 Å². The molecule has 394 valence electrons. The number of nitrogens with zero attached hydrogens (tertiary/aromatic N) is 1. The number of rotatable bonds is 31. The van der Waals surface area contributed by atoms with Crippen molar-refractivity contribution in [2.75, 3.05) is 13.1 Å². The molecule has 0 radical (unpaired) electrons. The highest BCUT2D eigenvalue weighted by molar-refractivity contribution is 5.99. The quantitative estimate of drug-likeness (QED) is 0.0187. The summed E-state index contributed by atoms with van der Waals surface area (Å²) in [5.41, 5.74) is 22.0. The number of aliphatic carboxylic acids is 2. The molecule has 28 heteroatoms. The van der Waals surface area contributed by atoms with Gasteiger partial charge in [0.2, 0.25) is 53.2 Å². The van der Waals surface area contributed by atoms with Gasteiger partial charge in [-0.05, 0) is 69.2 Å². The zero-order valence-corrected chi connectivity index (χ0v) is 39.6. The van der Waals surface area contributed by atoms with E-state index in [0.717, 1.165) is 6.92 Å². The molecule has 1 saturated heterocycles. The Labute approximate surface area is 408 Å². The normalized spacial score (nSPS) is 16.8. The fraction of sp³-hybridized carbons (Fsp3) is 0.581. The van der Waals surface area contributed by atoms with Crippen LogP contribution >= 0.6 is 0 Å². The Morgan fingerprint density at radius 3 is 1.69 bits per heavy atom. The Hall–Kier alpha value is -7.62. The van der Waals surface area contributed by atoms with E-state index in [1.54, 1.807) is 13.8 Å². The van der Waals surface area contributed by atoms with E-state index in [1.807, 2.05) is 0 Å². The van der Waals surface area contributed by atoms with Crippen molar-refractivity contribution in [1.29, 1.82) is 0 Å². The fourth-order valence-corrected chi connectivity index (χ4v) is 7.06. The Morgan fingerprint density at radius 1 is 0.676 bits per heavy atom. The molecular formula is C43H67N13O15. The van der Waals surface area contributed by atoms with E-state index in [1.165, 1.54) is 24.3 Å². The van der Waals surface area contributed by atoms with Crippen molar-refractivity contribution in [1.82, 2.24) is 42.5 Å². The van der Waals surface area contributed by atoms with Gasteiger partial charge in [-0.25, -0.2) is 4.79 Å². The SMILES string of the molecule is CCC(C)C(NC(=O)C(Cc1ccc(O)cc1)NC(=O)C(CCCN=C(N)N)NC(=O)C(CCC(N)=O)NC(=O)C(CC(N)=O)NC(=O)C(CC(=O)O)NC(=O)C1CCCN1)C(=O)NC(C(=O)O)C(C)O. The standard InChI is InChI=1S/C43H67N13O15/c1-4-20(2)33(41(69)56-34(21(3)57)42(70)71)55-40(68)27(17-22-9-11-23(58)12-10-22)52-36(64)25(8-6-16-49-43(46)47)50-37(65)26(13-14-30(44)59)51-38(66)28(18-31(45)60)53-39(67)29(19-32(61)62)54-35(63)24-7-5-15-48-24/h9-12,20-21,24-29,33-34,48,57-58H,4-8,13-19H2,1-3H3,(H2,44,59)(H2,45,60)(H,50,65)(H,51,66)(H,52,64)(H,53,67)(H,54,63)(H,55,68)(H,56,69)(H,61,62)(H,70,71)(H4,46,47,49). The van der Waals surface area contributed by atoms with Gasteiger partial charge in [0.15, 0.2) is 12.0 Å². The highest BCUT2D eigenvalue weighted by Gasteiger charge is 2.37. The van der Waals surface area contributed by atoms with Crippen molar-refractivity contribution < 1.29 is 73.2 Å². The highest BCUT2D eigenvalue weighted by Crippen LogP contribution is 2.15. The van der Waals surface area contributed by atoms with Crippen LogP contribution in [-0.2, 0) is 59.2 Å². The van der Waals surface area contributed by atoms with Crippen LogP contribution < -0.4 is 65.5 Å². The number of nitrogens with one attached hydrogen (secondary N) is 8. The van der Waals surface area contributed by atoms with Gasteiger partial charge in [-0.1, -0.05) is 32.4 Å². The number of benzene rings is 1. The van der Waals surface area contributed by atoms with Gasteiger partial charge in [0.05, 0.1) is 25.0 Å². The van der Waals surface area contributed by atoms with E-state index < -0.39 is 151 Å². The van der Waals surface area contributed by atoms with E-state index in [-0.39, 0.29) is 43.9 Å². The predicted octanol–water partition coefficient (Wildman–Crippen LogP) is -5.74. The van der Waals surface area contributed by atoms with Crippen molar-refractivity contribution in [2.24, 2.45) is 33.8 Å². The number of phenolic OH excluding ortho intramolecular Hbond substituents is 1. The number of guanidine groups is 1. The molecule has 1 aliphatic rings. The summed E-state index contributed by atoms with van der Waals surface area (Å²) in [6.45, 7) is 4.83. The van der Waals surface area contributed by atoms with E-state index >= 15 is 0 Å². The third-order valence-electron chi connectivity index (χ3n) is 11.2. The number of carbonyl (C=O) groups excluding carboxylic acids is 9. The highest BCUT2D eigenvalue weighted by atomic mass is 16.4. The van der Waals surface area contributed by atoms with Crippen molar-refractivity contribution in [3.05, 3.63) is 29.8 Å². The number of hydrogen-bond acceptors (Lipinski definition) is 15. The number of aliphatic hydroxyl groups excluding tert-OH is 1. The number of carboxylic acid groups (broad SMARTS) is 2. The molecule has 1 aromatic rings. The molecule has 0 saturated carbocycles. The third-order valence-corrected chi connectivity index (χ3v) is 11.2. The maximum atomic E-state index is 14.3. The molecule has 10 atom stereocenters. The monoisotopic (exact) mass is 1010 g/mol. The molecule has 10 unspecified atom stereocenters. The lowest BCUT2D eigenvalue weighted by molar-refractivity contribution is -0.145. The summed E-state index contributed by atoms with van der Waals surface area (Å²) in [6.07, 6.45) is -3.66. The number of carbonyl (C=O) groups is 11. The van der Waals surface area contributed by atoms with Gasteiger partial charge >= 0.3 is 11.9 Å². The van der Waals surface area contributed by atoms with Gasteiger partial charge in [0.1, 0.15) is 42.0 Å². The lowest BCUT2D eigenvalue weighted by atomic mass is 9.96. The van der Waals surface area contributed by atoms with Crippen molar-refractivity contribution in [3.63, 3.8) is 0 Å². The van der Waals surface area contributed by atoms with Gasteiger partial charge in [0, 0.05) is 19.4 Å².